The number of nitrogens with one attached hydrogen (secondary N) is 2. The van der Waals surface area contributed by atoms with Crippen molar-refractivity contribution in [2.45, 2.75) is 43.9 Å². The van der Waals surface area contributed by atoms with E-state index in [1.54, 1.807) is 11.8 Å². The number of hydrogen-bond acceptors (Lipinski definition) is 6. The molecule has 2 fully saturated rings. The lowest BCUT2D eigenvalue weighted by Gasteiger charge is -2.35. The second-order valence-corrected chi connectivity index (χ2v) is 11.3. The number of H-pyrrole nitrogens is 1. The number of amides is 1. The van der Waals surface area contributed by atoms with Gasteiger partial charge in [-0.2, -0.15) is 13.2 Å². The highest BCUT2D eigenvalue weighted by atomic mass is 35.5. The lowest BCUT2D eigenvalue weighted by molar-refractivity contribution is -0.162. The summed E-state index contributed by atoms with van der Waals surface area (Å²) in [5, 5.41) is 6.34. The molecule has 202 valence electrons. The summed E-state index contributed by atoms with van der Waals surface area (Å²) in [5.41, 5.74) is 3.00. The van der Waals surface area contributed by atoms with E-state index in [2.05, 4.69) is 21.3 Å². The number of carbonyl (C=O) groups is 1. The fraction of sp³-hybridized carbons (Fsp3) is 0.600. The van der Waals surface area contributed by atoms with Crippen LogP contribution in [0.1, 0.15) is 31.4 Å². The summed E-state index contributed by atoms with van der Waals surface area (Å²) in [7, 11) is 0. The number of hydrogen-bond donors (Lipinski definition) is 2. The zero-order valence-corrected chi connectivity index (χ0v) is 22.0. The van der Waals surface area contributed by atoms with Crippen molar-refractivity contribution in [3.63, 3.8) is 0 Å². The van der Waals surface area contributed by atoms with Crippen LogP contribution in [0.3, 0.4) is 0 Å². The van der Waals surface area contributed by atoms with E-state index < -0.39 is 18.5 Å². The van der Waals surface area contributed by atoms with Crippen LogP contribution in [0, 0.1) is 0 Å². The molecule has 5 rings (SSSR count). The van der Waals surface area contributed by atoms with Crippen LogP contribution in [0.2, 0.25) is 5.02 Å². The number of alkyl halides is 3. The third-order valence-corrected chi connectivity index (χ3v) is 8.44. The van der Waals surface area contributed by atoms with Crippen molar-refractivity contribution in [1.29, 1.82) is 0 Å². The summed E-state index contributed by atoms with van der Waals surface area (Å²) in [6.45, 7) is 4.19. The molecule has 37 heavy (non-hydrogen) atoms. The number of ether oxygens (including phenoxy) is 1. The Morgan fingerprint density at radius 2 is 1.95 bits per heavy atom. The SMILES string of the molecule is O=C(CC(F)(F)F)N1CCN(CCC2CSC(c3cc4cc(Cl)cc(NC5CCOCC5)c4[nH]3)=N2)CC1. The Balaban J connectivity index is 1.16. The van der Waals surface area contributed by atoms with Crippen molar-refractivity contribution < 1.29 is 22.7 Å². The molecule has 7 nitrogen and oxygen atoms in total. The predicted octanol–water partition coefficient (Wildman–Crippen LogP) is 4.76. The van der Waals surface area contributed by atoms with Crippen molar-refractivity contribution in [2.75, 3.05) is 57.0 Å². The molecule has 1 aromatic heterocycles. The maximum atomic E-state index is 12.5. The van der Waals surface area contributed by atoms with E-state index in [0.717, 1.165) is 72.1 Å². The molecule has 3 aliphatic heterocycles. The molecule has 2 saturated heterocycles. The molecule has 0 saturated carbocycles. The topological polar surface area (TPSA) is 73.0 Å². The first-order chi connectivity index (χ1) is 17.7. The van der Waals surface area contributed by atoms with Crippen molar-refractivity contribution >= 4 is 50.9 Å². The first kappa shape index (κ1) is 26.6. The zero-order chi connectivity index (χ0) is 26.0. The first-order valence-corrected chi connectivity index (χ1v) is 14.0. The molecular weight excluding hydrogens is 527 g/mol. The van der Waals surface area contributed by atoms with E-state index in [4.69, 9.17) is 21.3 Å². The number of halogens is 4. The van der Waals surface area contributed by atoms with Crippen LogP contribution in [0.5, 0.6) is 0 Å². The van der Waals surface area contributed by atoms with E-state index in [9.17, 15) is 18.0 Å². The summed E-state index contributed by atoms with van der Waals surface area (Å²) in [4.78, 5) is 23.8. The van der Waals surface area contributed by atoms with Crippen molar-refractivity contribution in [2.24, 2.45) is 4.99 Å². The van der Waals surface area contributed by atoms with Gasteiger partial charge in [-0.25, -0.2) is 0 Å². The molecule has 3 aliphatic rings. The summed E-state index contributed by atoms with van der Waals surface area (Å²) in [6.07, 6.45) is -3.04. The summed E-state index contributed by atoms with van der Waals surface area (Å²) in [5.74, 6) is 0.0576. The van der Waals surface area contributed by atoms with E-state index >= 15 is 0 Å². The number of carbonyl (C=O) groups excluding carboxylic acids is 1. The summed E-state index contributed by atoms with van der Waals surface area (Å²) >= 11 is 8.14. The molecule has 0 aliphatic carbocycles. The van der Waals surface area contributed by atoms with Gasteiger partial charge in [-0.3, -0.25) is 14.7 Å². The van der Waals surface area contributed by atoms with Crippen molar-refractivity contribution in [1.82, 2.24) is 14.8 Å². The molecule has 0 spiro atoms. The largest absolute Gasteiger partial charge is 0.397 e. The highest BCUT2D eigenvalue weighted by Crippen LogP contribution is 2.33. The minimum atomic E-state index is -4.45. The highest BCUT2D eigenvalue weighted by Gasteiger charge is 2.34. The second-order valence-electron chi connectivity index (χ2n) is 9.83. The molecule has 4 heterocycles. The Kier molecular flexibility index (Phi) is 8.23. The monoisotopic (exact) mass is 557 g/mol. The van der Waals surface area contributed by atoms with Gasteiger partial charge in [0.05, 0.1) is 22.9 Å². The number of nitrogens with zero attached hydrogens (tertiary/aromatic N) is 3. The Labute approximate surface area is 223 Å². The van der Waals surface area contributed by atoms with Gasteiger partial charge >= 0.3 is 6.18 Å². The fourth-order valence-corrected chi connectivity index (χ4v) is 6.35. The molecule has 2 N–H and O–H groups in total. The van der Waals surface area contributed by atoms with Crippen LogP contribution in [0.25, 0.3) is 10.9 Å². The maximum absolute atomic E-state index is 12.5. The lowest BCUT2D eigenvalue weighted by atomic mass is 10.1. The number of aromatic nitrogens is 1. The number of benzene rings is 1. The smallest absolute Gasteiger partial charge is 0.381 e. The standard InChI is InChI=1S/C25H31ClF3N5O2S/c26-17-11-16-12-21(32-23(16)20(13-17)30-18-2-9-36-10-3-18)24-31-19(15-37-24)1-4-33-5-7-34(8-6-33)22(35)14-25(27,28)29/h11-13,18-19,30,32H,1-10,14-15H2. The van der Waals surface area contributed by atoms with E-state index in [1.165, 1.54) is 4.90 Å². The molecule has 1 atom stereocenters. The molecular formula is C25H31ClF3N5O2S. The minimum Gasteiger partial charge on any atom is -0.381 e. The first-order valence-electron chi connectivity index (χ1n) is 12.7. The van der Waals surface area contributed by atoms with E-state index in [1.807, 2.05) is 12.1 Å². The molecule has 2 aromatic rings. The van der Waals surface area contributed by atoms with Crippen LogP contribution in [0.4, 0.5) is 18.9 Å². The summed E-state index contributed by atoms with van der Waals surface area (Å²) in [6, 6.07) is 6.56. The van der Waals surface area contributed by atoms with Crippen LogP contribution in [-0.4, -0.2) is 95.7 Å². The van der Waals surface area contributed by atoms with Gasteiger partial charge in [-0.1, -0.05) is 11.6 Å². The van der Waals surface area contributed by atoms with Gasteiger partial charge in [0.15, 0.2) is 0 Å². The van der Waals surface area contributed by atoms with Gasteiger partial charge in [0, 0.05) is 68.1 Å². The van der Waals surface area contributed by atoms with Crippen LogP contribution >= 0.6 is 23.4 Å². The Morgan fingerprint density at radius 3 is 2.68 bits per heavy atom. The van der Waals surface area contributed by atoms with Gasteiger partial charge in [-0.05, 0) is 37.5 Å². The van der Waals surface area contributed by atoms with Crippen molar-refractivity contribution in [3.05, 3.63) is 28.9 Å². The molecule has 1 aromatic carbocycles. The van der Waals surface area contributed by atoms with Gasteiger partial charge in [0.25, 0.3) is 0 Å². The van der Waals surface area contributed by atoms with Gasteiger partial charge in [0.2, 0.25) is 5.91 Å². The van der Waals surface area contributed by atoms with Gasteiger partial charge in [-0.15, -0.1) is 11.8 Å². The average Bonchev–Trinajstić information content (AvgIpc) is 3.50. The lowest BCUT2D eigenvalue weighted by Crippen LogP contribution is -2.49. The number of anilines is 1. The molecule has 0 radical (unpaired) electrons. The third kappa shape index (κ3) is 6.93. The molecule has 1 amide bonds. The predicted molar refractivity (Wildman–Crippen MR) is 142 cm³/mol. The van der Waals surface area contributed by atoms with E-state index in [0.29, 0.717) is 37.2 Å². The molecule has 12 heteroatoms. The molecule has 1 unspecified atom stereocenters. The van der Waals surface area contributed by atoms with Gasteiger partial charge in [0.1, 0.15) is 11.5 Å². The molecule has 0 bridgehead atoms. The number of thioether (sulfide) groups is 1. The number of piperazine rings is 1. The maximum Gasteiger partial charge on any atom is 0.397 e. The number of aromatic amines is 1. The quantitative estimate of drug-likeness (QED) is 0.513. The zero-order valence-electron chi connectivity index (χ0n) is 20.5. The van der Waals surface area contributed by atoms with Crippen LogP contribution in [-0.2, 0) is 9.53 Å². The number of rotatable bonds is 7. The Hall–Kier alpha value is -1.95. The van der Waals surface area contributed by atoms with Gasteiger partial charge < -0.3 is 19.9 Å². The van der Waals surface area contributed by atoms with Crippen molar-refractivity contribution in [3.8, 4) is 0 Å². The average molecular weight is 558 g/mol. The highest BCUT2D eigenvalue weighted by molar-refractivity contribution is 8.14. The van der Waals surface area contributed by atoms with Crippen LogP contribution < -0.4 is 5.32 Å². The Morgan fingerprint density at radius 1 is 1.19 bits per heavy atom. The second kappa shape index (κ2) is 11.4. The normalized spacial score (nSPS) is 22.0. The number of fused-ring (bicyclic) bond motifs is 1. The fourth-order valence-electron chi connectivity index (χ4n) is 5.04. The minimum absolute atomic E-state index is 0.180. The third-order valence-electron chi connectivity index (χ3n) is 7.07. The Bertz CT molecular complexity index is 1140. The van der Waals surface area contributed by atoms with Crippen LogP contribution in [0.15, 0.2) is 23.2 Å². The number of aliphatic imine (C=N–C) groups is 1. The van der Waals surface area contributed by atoms with E-state index in [-0.39, 0.29) is 6.04 Å². The summed E-state index contributed by atoms with van der Waals surface area (Å²) < 4.78 is 42.9.